The quantitative estimate of drug-likeness (QED) is 0.125. The summed E-state index contributed by atoms with van der Waals surface area (Å²) in [5, 5.41) is 0. The molecular formula is C32H61O3P. The second kappa shape index (κ2) is 17.2. The predicted octanol–water partition coefficient (Wildman–Crippen LogP) is 9.54. The van der Waals surface area contributed by atoms with Gasteiger partial charge in [-0.2, -0.15) is 0 Å². The van der Waals surface area contributed by atoms with Gasteiger partial charge in [-0.1, -0.05) is 85.4 Å². The zero-order chi connectivity index (χ0) is 27.1. The topological polar surface area (TPSA) is 60.7 Å². The van der Waals surface area contributed by atoms with Gasteiger partial charge in [0.2, 0.25) is 0 Å². The Morgan fingerprint density at radius 1 is 0.528 bits per heavy atom. The van der Waals surface area contributed by atoms with Crippen molar-refractivity contribution in [3.8, 4) is 0 Å². The van der Waals surface area contributed by atoms with Gasteiger partial charge >= 0.3 is 99.4 Å². The van der Waals surface area contributed by atoms with Gasteiger partial charge in [-0.05, 0) is 40.4 Å². The van der Waals surface area contributed by atoms with Crippen LogP contribution in [0, 0.1) is 0 Å². The Bertz CT molecular complexity index is 695. The molecule has 0 spiro atoms. The van der Waals surface area contributed by atoms with E-state index in [1.807, 2.05) is 0 Å². The minimum atomic E-state index is -3.79. The van der Waals surface area contributed by atoms with Gasteiger partial charge in [-0.15, -0.1) is 0 Å². The Balaban J connectivity index is 2.01. The molecule has 0 aliphatic rings. The normalized spacial score (nSPS) is 13.4. The van der Waals surface area contributed by atoms with Gasteiger partial charge in [0.1, 0.15) is 0 Å². The predicted molar refractivity (Wildman–Crippen MR) is 161 cm³/mol. The Kier molecular flexibility index (Phi) is 16.0. The fourth-order valence-electron chi connectivity index (χ4n) is 5.11. The third-order valence-corrected chi connectivity index (χ3v) is 8.52. The molecule has 1 aromatic rings. The summed E-state index contributed by atoms with van der Waals surface area (Å²) in [7, 11) is -3.79. The third kappa shape index (κ3) is 16.4. The zero-order valence-corrected chi connectivity index (χ0v) is 25.8. The van der Waals surface area contributed by atoms with Crippen molar-refractivity contribution in [1.82, 2.24) is 0 Å². The summed E-state index contributed by atoms with van der Waals surface area (Å²) in [6.45, 7) is 14.0. The third-order valence-electron chi connectivity index (χ3n) is 7.49. The fourth-order valence-corrected chi connectivity index (χ4v) is 5.84. The molecule has 0 unspecified atom stereocenters. The molecule has 0 aliphatic heterocycles. The van der Waals surface area contributed by atoms with Crippen LogP contribution in [0.5, 0.6) is 0 Å². The molecule has 0 amide bonds. The summed E-state index contributed by atoms with van der Waals surface area (Å²) in [5.41, 5.74) is 4.95. The number of aryl methyl sites for hydroxylation is 1. The van der Waals surface area contributed by atoms with E-state index in [9.17, 15) is 0 Å². The number of hydrogen-bond donors (Lipinski definition) is 3. The first kappa shape index (κ1) is 33.6. The van der Waals surface area contributed by atoms with Gasteiger partial charge in [-0.3, -0.25) is 0 Å². The molecule has 212 valence electrons. The number of hydrogen-bond acceptors (Lipinski definition) is 3. The minimum absolute atomic E-state index is 0.192. The van der Waals surface area contributed by atoms with Crippen LogP contribution >= 0.6 is 7.94 Å². The Labute approximate surface area is 225 Å². The molecule has 0 fully saturated rings. The Morgan fingerprint density at radius 3 is 1.28 bits per heavy atom. The molecule has 1 aromatic carbocycles. The van der Waals surface area contributed by atoms with E-state index in [2.05, 4.69) is 59.7 Å². The second-order valence-electron chi connectivity index (χ2n) is 13.3. The first-order valence-corrected chi connectivity index (χ1v) is 17.2. The van der Waals surface area contributed by atoms with Gasteiger partial charge in [0.25, 0.3) is 0 Å². The summed E-state index contributed by atoms with van der Waals surface area (Å²) in [6.07, 6.45) is 21.9. The van der Waals surface area contributed by atoms with Crippen molar-refractivity contribution in [2.45, 2.75) is 162 Å². The molecule has 0 aromatic heterocycles. The molecule has 3 nitrogen and oxygen atoms in total. The molecule has 0 saturated heterocycles. The molecule has 0 bridgehead atoms. The van der Waals surface area contributed by atoms with Gasteiger partial charge in [0.15, 0.2) is 0 Å². The second-order valence-corrected chi connectivity index (χ2v) is 15.4. The van der Waals surface area contributed by atoms with E-state index < -0.39 is 7.94 Å². The first-order valence-electron chi connectivity index (χ1n) is 15.1. The van der Waals surface area contributed by atoms with Crippen LogP contribution in [0.1, 0.15) is 161 Å². The molecule has 0 heterocycles. The van der Waals surface area contributed by atoms with Gasteiger partial charge in [0, 0.05) is 0 Å². The van der Waals surface area contributed by atoms with Crippen LogP contribution in [0.3, 0.4) is 0 Å². The van der Waals surface area contributed by atoms with Gasteiger partial charge in [0.05, 0.1) is 0 Å². The van der Waals surface area contributed by atoms with Crippen LogP contribution in [-0.2, 0) is 17.3 Å². The van der Waals surface area contributed by atoms with Crippen LogP contribution in [0.15, 0.2) is 18.2 Å². The van der Waals surface area contributed by atoms with Crippen molar-refractivity contribution in [2.24, 2.45) is 0 Å². The van der Waals surface area contributed by atoms with Crippen LogP contribution in [-0.4, -0.2) is 20.8 Å². The summed E-state index contributed by atoms with van der Waals surface area (Å²) in [5.74, 6) is 0. The molecule has 36 heavy (non-hydrogen) atoms. The van der Waals surface area contributed by atoms with Crippen molar-refractivity contribution < 1.29 is 14.7 Å². The summed E-state index contributed by atoms with van der Waals surface area (Å²) >= 11 is 0. The standard InChI is InChI=1S/C32H61O3P/c1-31(2,3)29-25-24-28(30(27-29)32(4,5)6)23-21-19-17-15-13-11-9-7-8-10-12-14-16-18-20-22-26-36(33,34)35/h24-25,27,33-36H,7-23,26H2,1-6H3. The maximum atomic E-state index is 8.99. The monoisotopic (exact) mass is 524 g/mol. The average molecular weight is 525 g/mol. The Morgan fingerprint density at radius 2 is 0.917 bits per heavy atom. The SMILES string of the molecule is CC(C)(C)c1ccc(CCCCCCCCCCCCCCCCCC[PH](O)(O)O)c(C(C)(C)C)c1. The molecule has 0 radical (unpaired) electrons. The van der Waals surface area contributed by atoms with E-state index in [-0.39, 0.29) is 17.0 Å². The Hall–Kier alpha value is -0.470. The maximum absolute atomic E-state index is 8.99. The number of unbranched alkanes of at least 4 members (excludes halogenated alkanes) is 15. The summed E-state index contributed by atoms with van der Waals surface area (Å²) < 4.78 is 0. The smallest absolute Gasteiger partial charge is 0.0129 e. The van der Waals surface area contributed by atoms with Crippen LogP contribution in [0.25, 0.3) is 0 Å². The molecule has 0 aliphatic carbocycles. The molecule has 1 rings (SSSR count). The van der Waals surface area contributed by atoms with Crippen molar-refractivity contribution in [1.29, 1.82) is 0 Å². The summed E-state index contributed by atoms with van der Waals surface area (Å²) in [4.78, 5) is 27.0. The fraction of sp³-hybridized carbons (Fsp3) is 0.812. The van der Waals surface area contributed by atoms with Crippen molar-refractivity contribution in [3.05, 3.63) is 34.9 Å². The van der Waals surface area contributed by atoms with E-state index >= 15 is 0 Å². The molecule has 0 atom stereocenters. The molecule has 0 saturated carbocycles. The van der Waals surface area contributed by atoms with Gasteiger partial charge < -0.3 is 0 Å². The first-order chi connectivity index (χ1) is 16.8. The largest absolute Gasteiger partial charge is 0.0561 e. The molecule has 4 heteroatoms. The number of rotatable bonds is 19. The van der Waals surface area contributed by atoms with Crippen molar-refractivity contribution in [3.63, 3.8) is 0 Å². The van der Waals surface area contributed by atoms with Crippen molar-refractivity contribution in [2.75, 3.05) is 6.16 Å². The van der Waals surface area contributed by atoms with Gasteiger partial charge in [-0.25, -0.2) is 0 Å². The van der Waals surface area contributed by atoms with Crippen LogP contribution in [0.2, 0.25) is 0 Å². The van der Waals surface area contributed by atoms with E-state index in [4.69, 9.17) is 14.7 Å². The van der Waals surface area contributed by atoms with Crippen LogP contribution < -0.4 is 0 Å². The van der Waals surface area contributed by atoms with E-state index in [1.165, 1.54) is 101 Å². The van der Waals surface area contributed by atoms with Crippen LogP contribution in [0.4, 0.5) is 0 Å². The maximum Gasteiger partial charge on any atom is -0.0129 e. The molecule has 3 N–H and O–H groups in total. The molecular weight excluding hydrogens is 463 g/mol. The van der Waals surface area contributed by atoms with Crippen molar-refractivity contribution >= 4 is 7.94 Å². The zero-order valence-electron chi connectivity index (χ0n) is 24.8. The number of benzene rings is 1. The minimum Gasteiger partial charge on any atom is -0.0561 e. The summed E-state index contributed by atoms with van der Waals surface area (Å²) in [6, 6.07) is 7.22. The van der Waals surface area contributed by atoms with E-state index in [0.717, 1.165) is 19.3 Å². The van der Waals surface area contributed by atoms with E-state index in [0.29, 0.717) is 0 Å². The average Bonchev–Trinajstić information content (AvgIpc) is 2.76. The van der Waals surface area contributed by atoms with E-state index in [1.54, 1.807) is 5.56 Å².